The van der Waals surface area contributed by atoms with Crippen molar-refractivity contribution in [2.45, 2.75) is 206 Å². The second kappa shape index (κ2) is 35.9. The topological polar surface area (TPSA) is 86.2 Å². The van der Waals surface area contributed by atoms with Crippen molar-refractivity contribution in [2.24, 2.45) is 11.5 Å². The highest BCUT2D eigenvalue weighted by molar-refractivity contribution is 5.73. The van der Waals surface area contributed by atoms with Crippen molar-refractivity contribution >= 4 is 11.8 Å². The molecule has 0 unspecified atom stereocenters. The molecular weight excluding hydrogens is 468 g/mol. The fraction of sp³-hybridized carbons (Fsp3) is 0.941. The van der Waals surface area contributed by atoms with Gasteiger partial charge in [0.1, 0.15) is 0 Å². The van der Waals surface area contributed by atoms with Gasteiger partial charge in [-0.05, 0) is 12.8 Å². The van der Waals surface area contributed by atoms with Crippen molar-refractivity contribution in [3.05, 3.63) is 0 Å². The van der Waals surface area contributed by atoms with Crippen LogP contribution in [0.2, 0.25) is 0 Å². The van der Waals surface area contributed by atoms with E-state index in [0.717, 1.165) is 12.8 Å². The van der Waals surface area contributed by atoms with Crippen LogP contribution in [-0.4, -0.2) is 11.8 Å². The van der Waals surface area contributed by atoms with Crippen molar-refractivity contribution < 1.29 is 9.59 Å². The first-order valence-corrected chi connectivity index (χ1v) is 17.1. The van der Waals surface area contributed by atoms with Crippen LogP contribution in [0.1, 0.15) is 206 Å². The lowest BCUT2D eigenvalue weighted by Crippen LogP contribution is -2.09. The third kappa shape index (κ3) is 42.0. The number of nitrogens with two attached hydrogens (primary N) is 2. The molecule has 0 fully saturated rings. The van der Waals surface area contributed by atoms with Gasteiger partial charge in [-0.25, -0.2) is 0 Å². The van der Waals surface area contributed by atoms with Crippen LogP contribution in [0.5, 0.6) is 0 Å². The van der Waals surface area contributed by atoms with E-state index in [1.54, 1.807) is 0 Å². The van der Waals surface area contributed by atoms with E-state index in [-0.39, 0.29) is 11.8 Å². The third-order valence-electron chi connectivity index (χ3n) is 7.55. The molecule has 0 saturated heterocycles. The zero-order valence-electron chi connectivity index (χ0n) is 26.2. The van der Waals surface area contributed by atoms with E-state index in [9.17, 15) is 9.59 Å². The van der Waals surface area contributed by atoms with Crippen molar-refractivity contribution in [3.8, 4) is 0 Å². The summed E-state index contributed by atoms with van der Waals surface area (Å²) >= 11 is 0. The molecule has 0 rings (SSSR count). The lowest BCUT2D eigenvalue weighted by molar-refractivity contribution is -0.119. The minimum absolute atomic E-state index is 0.153. The zero-order chi connectivity index (χ0) is 28.4. The van der Waals surface area contributed by atoms with Gasteiger partial charge in [0, 0.05) is 12.8 Å². The fourth-order valence-corrected chi connectivity index (χ4v) is 4.99. The Hall–Kier alpha value is -1.06. The molecule has 0 aromatic heterocycles. The van der Waals surface area contributed by atoms with Gasteiger partial charge >= 0.3 is 0 Å². The summed E-state index contributed by atoms with van der Waals surface area (Å²) in [6, 6.07) is 0. The SMILES string of the molecule is CCCCCCCCCCCCCCCC(N)=O.CCCCCCCCCCCCCCCCCC(N)=O. The Morgan fingerprint density at radius 3 is 0.632 bits per heavy atom. The van der Waals surface area contributed by atoms with Crippen LogP contribution in [-0.2, 0) is 9.59 Å². The van der Waals surface area contributed by atoms with Gasteiger partial charge in [0.2, 0.25) is 11.8 Å². The summed E-state index contributed by atoms with van der Waals surface area (Å²) in [5.74, 6) is -0.308. The molecule has 38 heavy (non-hydrogen) atoms. The minimum atomic E-state index is -0.155. The molecule has 2 amide bonds. The van der Waals surface area contributed by atoms with Crippen molar-refractivity contribution in [1.29, 1.82) is 0 Å². The van der Waals surface area contributed by atoms with E-state index in [0.29, 0.717) is 12.8 Å². The van der Waals surface area contributed by atoms with Crippen LogP contribution in [0.4, 0.5) is 0 Å². The summed E-state index contributed by atoms with van der Waals surface area (Å²) in [5.41, 5.74) is 10.2. The first-order chi connectivity index (χ1) is 18.5. The molecular formula is C34H70N2O2. The molecule has 0 heterocycles. The maximum Gasteiger partial charge on any atom is 0.217 e. The van der Waals surface area contributed by atoms with Crippen LogP contribution >= 0.6 is 0 Å². The molecule has 0 aromatic rings. The predicted octanol–water partition coefficient (Wildman–Crippen LogP) is 10.7. The lowest BCUT2D eigenvalue weighted by Gasteiger charge is -2.03. The second-order valence-electron chi connectivity index (χ2n) is 11.6. The average molecular weight is 539 g/mol. The van der Waals surface area contributed by atoms with Gasteiger partial charge < -0.3 is 11.5 Å². The molecule has 4 N–H and O–H groups in total. The summed E-state index contributed by atoms with van der Waals surface area (Å²) in [6.45, 7) is 4.54. The maximum atomic E-state index is 10.6. The molecule has 0 aliphatic carbocycles. The average Bonchev–Trinajstić information content (AvgIpc) is 2.89. The quantitative estimate of drug-likeness (QED) is 0.0891. The summed E-state index contributed by atoms with van der Waals surface area (Å²) in [5, 5.41) is 0. The molecule has 0 aliphatic heterocycles. The molecule has 0 radical (unpaired) electrons. The second-order valence-corrected chi connectivity index (χ2v) is 11.6. The Bertz CT molecular complexity index is 467. The van der Waals surface area contributed by atoms with Gasteiger partial charge in [-0.3, -0.25) is 9.59 Å². The number of hydrogen-bond donors (Lipinski definition) is 2. The standard InChI is InChI=1S/C18H37NO.C16H33NO/c1-2-3-4-5-6-7-8-9-10-11-12-13-14-15-16-17-18(19)20;1-2-3-4-5-6-7-8-9-10-11-12-13-14-15-16(17)18/h2-17H2,1H3,(H2,19,20);2-15H2,1H3,(H2,17,18). The van der Waals surface area contributed by atoms with Crippen molar-refractivity contribution in [1.82, 2.24) is 0 Å². The van der Waals surface area contributed by atoms with Crippen LogP contribution in [0.25, 0.3) is 0 Å². The number of primary amides is 2. The van der Waals surface area contributed by atoms with Crippen LogP contribution in [0.3, 0.4) is 0 Å². The predicted molar refractivity (Wildman–Crippen MR) is 168 cm³/mol. The highest BCUT2D eigenvalue weighted by Gasteiger charge is 1.97. The lowest BCUT2D eigenvalue weighted by atomic mass is 10.0. The van der Waals surface area contributed by atoms with E-state index in [1.165, 1.54) is 167 Å². The van der Waals surface area contributed by atoms with E-state index >= 15 is 0 Å². The first kappa shape index (κ1) is 39.1. The summed E-state index contributed by atoms with van der Waals surface area (Å²) in [4.78, 5) is 21.1. The molecule has 0 aliphatic rings. The maximum absolute atomic E-state index is 10.6. The molecule has 0 bridgehead atoms. The zero-order valence-corrected chi connectivity index (χ0v) is 26.2. The largest absolute Gasteiger partial charge is 0.370 e. The number of rotatable bonds is 30. The van der Waals surface area contributed by atoms with E-state index in [1.807, 2.05) is 0 Å². The molecule has 0 spiro atoms. The van der Waals surface area contributed by atoms with Crippen molar-refractivity contribution in [3.63, 3.8) is 0 Å². The molecule has 228 valence electrons. The number of hydrogen-bond acceptors (Lipinski definition) is 2. The monoisotopic (exact) mass is 539 g/mol. The summed E-state index contributed by atoms with van der Waals surface area (Å²) in [6.07, 6.45) is 38.8. The van der Waals surface area contributed by atoms with Gasteiger partial charge in [0.15, 0.2) is 0 Å². The van der Waals surface area contributed by atoms with E-state index in [2.05, 4.69) is 13.8 Å². The van der Waals surface area contributed by atoms with Crippen LogP contribution in [0.15, 0.2) is 0 Å². The van der Waals surface area contributed by atoms with Gasteiger partial charge in [-0.1, -0.05) is 181 Å². The summed E-state index contributed by atoms with van der Waals surface area (Å²) in [7, 11) is 0. The normalized spacial score (nSPS) is 10.8. The highest BCUT2D eigenvalue weighted by Crippen LogP contribution is 2.14. The Labute approximate surface area is 239 Å². The van der Waals surface area contributed by atoms with Crippen molar-refractivity contribution in [2.75, 3.05) is 0 Å². The molecule has 0 aromatic carbocycles. The van der Waals surface area contributed by atoms with E-state index < -0.39 is 0 Å². The summed E-state index contributed by atoms with van der Waals surface area (Å²) < 4.78 is 0. The van der Waals surface area contributed by atoms with Gasteiger partial charge in [-0.2, -0.15) is 0 Å². The number of amides is 2. The van der Waals surface area contributed by atoms with Gasteiger partial charge in [-0.15, -0.1) is 0 Å². The Morgan fingerprint density at radius 1 is 0.316 bits per heavy atom. The fourth-order valence-electron chi connectivity index (χ4n) is 4.99. The molecule has 0 atom stereocenters. The molecule has 4 nitrogen and oxygen atoms in total. The van der Waals surface area contributed by atoms with Crippen LogP contribution in [0, 0.1) is 0 Å². The Balaban J connectivity index is 0. The van der Waals surface area contributed by atoms with Gasteiger partial charge in [0.05, 0.1) is 0 Å². The smallest absolute Gasteiger partial charge is 0.217 e. The number of carbonyl (C=O) groups excluding carboxylic acids is 2. The molecule has 4 heteroatoms. The Morgan fingerprint density at radius 2 is 0.474 bits per heavy atom. The first-order valence-electron chi connectivity index (χ1n) is 17.1. The molecule has 0 saturated carbocycles. The highest BCUT2D eigenvalue weighted by atomic mass is 16.1. The van der Waals surface area contributed by atoms with Crippen LogP contribution < -0.4 is 11.5 Å². The third-order valence-corrected chi connectivity index (χ3v) is 7.55. The van der Waals surface area contributed by atoms with E-state index in [4.69, 9.17) is 11.5 Å². The number of carbonyl (C=O) groups is 2. The Kier molecular flexibility index (Phi) is 37.0. The number of unbranched alkanes of at least 4 members (excludes halogenated alkanes) is 26. The van der Waals surface area contributed by atoms with Gasteiger partial charge in [0.25, 0.3) is 0 Å². The minimum Gasteiger partial charge on any atom is -0.370 e.